The lowest BCUT2D eigenvalue weighted by molar-refractivity contribution is 0.0812. The van der Waals surface area contributed by atoms with E-state index in [2.05, 4.69) is 55.1 Å². The van der Waals surface area contributed by atoms with Gasteiger partial charge in [-0.15, -0.1) is 6.58 Å². The van der Waals surface area contributed by atoms with Crippen molar-refractivity contribution in [1.29, 1.82) is 0 Å². The van der Waals surface area contributed by atoms with Crippen LogP contribution >= 0.6 is 0 Å². The largest absolute Gasteiger partial charge is 0.386 e. The van der Waals surface area contributed by atoms with Crippen LogP contribution in [0.4, 0.5) is 0 Å². The maximum absolute atomic E-state index is 10.6. The standard InChI is InChI=1S/C19H20O/c1-3-18(2,20)17-14-19(17,15-10-6-4-7-11-15)16-12-8-5-9-13-16/h3-13,17,20H,1,14H2,2H3/t17-,18+/m1/s1. The number of aliphatic hydroxyl groups is 1. The van der Waals surface area contributed by atoms with Crippen LogP contribution < -0.4 is 0 Å². The third kappa shape index (κ3) is 1.90. The summed E-state index contributed by atoms with van der Waals surface area (Å²) in [5.41, 5.74) is 1.63. The average Bonchev–Trinajstić information content (AvgIpc) is 3.27. The third-order valence-corrected chi connectivity index (χ3v) is 4.66. The Kier molecular flexibility index (Phi) is 3.02. The fourth-order valence-electron chi connectivity index (χ4n) is 3.39. The highest BCUT2D eigenvalue weighted by atomic mass is 16.3. The molecule has 0 radical (unpaired) electrons. The molecule has 1 saturated carbocycles. The highest BCUT2D eigenvalue weighted by Gasteiger charge is 2.62. The molecule has 0 amide bonds. The van der Waals surface area contributed by atoms with E-state index < -0.39 is 5.60 Å². The predicted octanol–water partition coefficient (Wildman–Crippen LogP) is 3.93. The van der Waals surface area contributed by atoms with Gasteiger partial charge in [0.15, 0.2) is 0 Å². The van der Waals surface area contributed by atoms with Crippen LogP contribution in [0.25, 0.3) is 0 Å². The van der Waals surface area contributed by atoms with Crippen molar-refractivity contribution in [2.24, 2.45) is 5.92 Å². The second-order valence-corrected chi connectivity index (χ2v) is 5.89. The molecule has 0 saturated heterocycles. The number of hydrogen-bond acceptors (Lipinski definition) is 1. The third-order valence-electron chi connectivity index (χ3n) is 4.66. The Hall–Kier alpha value is -1.86. The van der Waals surface area contributed by atoms with Gasteiger partial charge in [-0.3, -0.25) is 0 Å². The number of hydrogen-bond donors (Lipinski definition) is 1. The van der Waals surface area contributed by atoms with Gasteiger partial charge in [-0.2, -0.15) is 0 Å². The molecule has 2 atom stereocenters. The van der Waals surface area contributed by atoms with Gasteiger partial charge in [-0.05, 0) is 24.5 Å². The maximum atomic E-state index is 10.6. The van der Waals surface area contributed by atoms with Crippen molar-refractivity contribution in [3.63, 3.8) is 0 Å². The van der Waals surface area contributed by atoms with Crippen LogP contribution in [-0.2, 0) is 5.41 Å². The predicted molar refractivity (Wildman–Crippen MR) is 82.6 cm³/mol. The zero-order valence-electron chi connectivity index (χ0n) is 11.8. The lowest BCUT2D eigenvalue weighted by Gasteiger charge is -2.26. The summed E-state index contributed by atoms with van der Waals surface area (Å²) < 4.78 is 0. The normalized spacial score (nSPS) is 22.8. The topological polar surface area (TPSA) is 20.2 Å². The van der Waals surface area contributed by atoms with Crippen molar-refractivity contribution in [3.8, 4) is 0 Å². The van der Waals surface area contributed by atoms with Gasteiger partial charge in [0.05, 0.1) is 5.60 Å². The maximum Gasteiger partial charge on any atom is 0.0837 e. The van der Waals surface area contributed by atoms with E-state index in [0.717, 1.165) is 6.42 Å². The second-order valence-electron chi connectivity index (χ2n) is 5.89. The molecule has 0 heterocycles. The molecule has 3 rings (SSSR count). The fraction of sp³-hybridized carbons (Fsp3) is 0.263. The lowest BCUT2D eigenvalue weighted by atomic mass is 9.81. The minimum absolute atomic E-state index is 0.0831. The first kappa shape index (κ1) is 13.1. The monoisotopic (exact) mass is 264 g/mol. The van der Waals surface area contributed by atoms with Gasteiger partial charge >= 0.3 is 0 Å². The Bertz CT molecular complexity index is 559. The molecule has 0 aliphatic heterocycles. The molecule has 1 N–H and O–H groups in total. The van der Waals surface area contributed by atoms with Gasteiger partial charge < -0.3 is 5.11 Å². The van der Waals surface area contributed by atoms with E-state index in [1.807, 2.05) is 19.1 Å². The Morgan fingerprint density at radius 3 is 1.90 bits per heavy atom. The number of benzene rings is 2. The van der Waals surface area contributed by atoms with Gasteiger partial charge in [-0.25, -0.2) is 0 Å². The van der Waals surface area contributed by atoms with E-state index in [1.165, 1.54) is 11.1 Å². The molecule has 2 aromatic rings. The summed E-state index contributed by atoms with van der Waals surface area (Å²) in [6, 6.07) is 21.0. The van der Waals surface area contributed by atoms with Gasteiger partial charge in [0, 0.05) is 11.3 Å². The van der Waals surface area contributed by atoms with Crippen LogP contribution in [-0.4, -0.2) is 10.7 Å². The molecule has 1 heteroatoms. The molecule has 0 unspecified atom stereocenters. The smallest absolute Gasteiger partial charge is 0.0837 e. The first-order valence-electron chi connectivity index (χ1n) is 7.08. The van der Waals surface area contributed by atoms with E-state index in [9.17, 15) is 5.11 Å². The van der Waals surface area contributed by atoms with Crippen LogP contribution in [0.1, 0.15) is 24.5 Å². The van der Waals surface area contributed by atoms with Crippen molar-refractivity contribution in [1.82, 2.24) is 0 Å². The number of rotatable bonds is 4. The molecule has 102 valence electrons. The average molecular weight is 264 g/mol. The fourth-order valence-corrected chi connectivity index (χ4v) is 3.39. The van der Waals surface area contributed by atoms with Gasteiger partial charge in [0.25, 0.3) is 0 Å². The van der Waals surface area contributed by atoms with E-state index in [1.54, 1.807) is 6.08 Å². The van der Waals surface area contributed by atoms with Crippen LogP contribution in [0.3, 0.4) is 0 Å². The second kappa shape index (κ2) is 4.60. The van der Waals surface area contributed by atoms with E-state index in [0.29, 0.717) is 0 Å². The van der Waals surface area contributed by atoms with Crippen molar-refractivity contribution < 1.29 is 5.11 Å². The van der Waals surface area contributed by atoms with Crippen LogP contribution in [0.2, 0.25) is 0 Å². The minimum Gasteiger partial charge on any atom is -0.386 e. The van der Waals surface area contributed by atoms with E-state index >= 15 is 0 Å². The zero-order chi connectivity index (χ0) is 14.2. The molecular weight excluding hydrogens is 244 g/mol. The lowest BCUT2D eigenvalue weighted by Crippen LogP contribution is -2.29. The summed E-state index contributed by atoms with van der Waals surface area (Å²) in [5.74, 6) is 0.178. The van der Waals surface area contributed by atoms with Crippen molar-refractivity contribution in [2.75, 3.05) is 0 Å². The molecule has 0 aromatic heterocycles. The molecule has 0 spiro atoms. The highest BCUT2D eigenvalue weighted by molar-refractivity contribution is 5.49. The Balaban J connectivity index is 2.11. The quantitative estimate of drug-likeness (QED) is 0.830. The molecule has 0 bridgehead atoms. The summed E-state index contributed by atoms with van der Waals surface area (Å²) in [7, 11) is 0. The molecule has 2 aromatic carbocycles. The molecular formula is C19H20O. The van der Waals surface area contributed by atoms with Crippen LogP contribution in [0.5, 0.6) is 0 Å². The van der Waals surface area contributed by atoms with Gasteiger partial charge in [0.1, 0.15) is 0 Å². The SMILES string of the molecule is C=C[C@](C)(O)[C@H]1CC1(c1ccccc1)c1ccccc1. The Morgan fingerprint density at radius 2 is 1.50 bits per heavy atom. The summed E-state index contributed by atoms with van der Waals surface area (Å²) in [6.07, 6.45) is 2.63. The zero-order valence-corrected chi connectivity index (χ0v) is 11.8. The van der Waals surface area contributed by atoms with Crippen molar-refractivity contribution >= 4 is 0 Å². The van der Waals surface area contributed by atoms with Crippen LogP contribution in [0.15, 0.2) is 73.3 Å². The first-order chi connectivity index (χ1) is 9.61. The van der Waals surface area contributed by atoms with E-state index in [-0.39, 0.29) is 11.3 Å². The highest BCUT2D eigenvalue weighted by Crippen LogP contribution is 2.63. The summed E-state index contributed by atoms with van der Waals surface area (Å²) in [4.78, 5) is 0. The molecule has 1 aliphatic carbocycles. The Labute approximate surface area is 120 Å². The molecule has 1 fully saturated rings. The summed E-state index contributed by atoms with van der Waals surface area (Å²) in [6.45, 7) is 5.66. The van der Waals surface area contributed by atoms with Crippen LogP contribution in [0, 0.1) is 5.92 Å². The van der Waals surface area contributed by atoms with Crippen molar-refractivity contribution in [3.05, 3.63) is 84.4 Å². The molecule has 1 aliphatic rings. The molecule has 1 nitrogen and oxygen atoms in total. The molecule has 20 heavy (non-hydrogen) atoms. The van der Waals surface area contributed by atoms with E-state index in [4.69, 9.17) is 0 Å². The summed E-state index contributed by atoms with van der Waals surface area (Å²) >= 11 is 0. The summed E-state index contributed by atoms with van der Waals surface area (Å²) in [5, 5.41) is 10.6. The van der Waals surface area contributed by atoms with Gasteiger partial charge in [0.2, 0.25) is 0 Å². The Morgan fingerprint density at radius 1 is 1.05 bits per heavy atom. The van der Waals surface area contributed by atoms with Crippen molar-refractivity contribution in [2.45, 2.75) is 24.4 Å². The first-order valence-corrected chi connectivity index (χ1v) is 7.08. The minimum atomic E-state index is -0.842. The van der Waals surface area contributed by atoms with Gasteiger partial charge in [-0.1, -0.05) is 66.7 Å².